The lowest BCUT2D eigenvalue weighted by Crippen LogP contribution is -2.35. The maximum atomic E-state index is 6.36. The van der Waals surface area contributed by atoms with Crippen molar-refractivity contribution in [3.8, 4) is 18.1 Å². The Morgan fingerprint density at radius 2 is 2.14 bits per heavy atom. The second-order valence-corrected chi connectivity index (χ2v) is 4.94. The van der Waals surface area contributed by atoms with Crippen LogP contribution in [0.1, 0.15) is 17.3 Å². The van der Waals surface area contributed by atoms with Gasteiger partial charge < -0.3 is 21.1 Å². The molecule has 1 aliphatic rings. The highest BCUT2D eigenvalue weighted by Crippen LogP contribution is 2.38. The molecule has 1 unspecified atom stereocenters. The van der Waals surface area contributed by atoms with Crippen molar-refractivity contribution in [2.24, 2.45) is 10.7 Å². The number of anilines is 2. The van der Waals surface area contributed by atoms with E-state index in [0.717, 1.165) is 22.5 Å². The van der Waals surface area contributed by atoms with Crippen LogP contribution in [-0.4, -0.2) is 13.4 Å². The first-order chi connectivity index (χ1) is 10.6. The van der Waals surface area contributed by atoms with E-state index in [1.807, 2.05) is 29.2 Å². The van der Waals surface area contributed by atoms with E-state index in [1.165, 1.54) is 0 Å². The Morgan fingerprint density at radius 3 is 2.86 bits per heavy atom. The monoisotopic (exact) mass is 292 g/mol. The minimum atomic E-state index is -0.395. The van der Waals surface area contributed by atoms with Gasteiger partial charge in [-0.25, -0.2) is 4.99 Å². The van der Waals surface area contributed by atoms with E-state index in [0.29, 0.717) is 11.4 Å². The van der Waals surface area contributed by atoms with E-state index in [1.54, 1.807) is 25.6 Å². The third-order valence-electron chi connectivity index (χ3n) is 3.63. The Hall–Kier alpha value is -2.97. The predicted molar refractivity (Wildman–Crippen MR) is 89.3 cm³/mol. The van der Waals surface area contributed by atoms with E-state index in [9.17, 15) is 0 Å². The molecule has 0 aliphatic carbocycles. The van der Waals surface area contributed by atoms with Crippen LogP contribution in [0.5, 0.6) is 5.75 Å². The lowest BCUT2D eigenvalue weighted by molar-refractivity contribution is 0.417. The first-order valence-electron chi connectivity index (χ1n) is 6.76. The Labute approximate surface area is 129 Å². The van der Waals surface area contributed by atoms with Crippen molar-refractivity contribution in [3.05, 3.63) is 47.5 Å². The SMILES string of the molecule is C#Cc1cccc(N2C=Nc3cc(OC)c(N)cc3C2N)c1. The van der Waals surface area contributed by atoms with Crippen LogP contribution in [0.2, 0.25) is 0 Å². The summed E-state index contributed by atoms with van der Waals surface area (Å²) in [6.07, 6.45) is 6.75. The maximum Gasteiger partial charge on any atom is 0.143 e. The van der Waals surface area contributed by atoms with E-state index < -0.39 is 6.17 Å². The standard InChI is InChI=1S/C17H16N4O/c1-3-11-5-4-6-12(7-11)21-10-20-15-9-16(22-2)14(18)8-13(15)17(21)19/h1,4-10,17H,18-19H2,2H3. The zero-order valence-electron chi connectivity index (χ0n) is 12.2. The van der Waals surface area contributed by atoms with Crippen molar-refractivity contribution in [1.82, 2.24) is 0 Å². The molecule has 110 valence electrons. The van der Waals surface area contributed by atoms with Gasteiger partial charge in [0, 0.05) is 22.9 Å². The van der Waals surface area contributed by atoms with Gasteiger partial charge in [0.2, 0.25) is 0 Å². The quantitative estimate of drug-likeness (QED) is 0.658. The molecule has 0 saturated heterocycles. The van der Waals surface area contributed by atoms with Crippen molar-refractivity contribution in [3.63, 3.8) is 0 Å². The summed E-state index contributed by atoms with van der Waals surface area (Å²) in [5, 5.41) is 0. The fourth-order valence-electron chi connectivity index (χ4n) is 2.46. The normalized spacial score (nSPS) is 16.0. The number of nitrogens with zero attached hydrogens (tertiary/aromatic N) is 2. The molecule has 1 aliphatic heterocycles. The number of nitrogens with two attached hydrogens (primary N) is 2. The lowest BCUT2D eigenvalue weighted by Gasteiger charge is -2.31. The molecule has 2 aromatic carbocycles. The summed E-state index contributed by atoms with van der Waals surface area (Å²) in [6.45, 7) is 0. The molecule has 3 rings (SSSR count). The number of benzene rings is 2. The number of rotatable bonds is 2. The first kappa shape index (κ1) is 14.0. The number of terminal acetylenes is 1. The van der Waals surface area contributed by atoms with Crippen molar-refractivity contribution < 1.29 is 4.74 Å². The van der Waals surface area contributed by atoms with Gasteiger partial charge in [-0.2, -0.15) is 0 Å². The molecule has 0 fully saturated rings. The molecule has 5 nitrogen and oxygen atoms in total. The average Bonchev–Trinajstić information content (AvgIpc) is 2.55. The molecule has 0 radical (unpaired) electrons. The molecule has 5 heteroatoms. The highest BCUT2D eigenvalue weighted by Gasteiger charge is 2.24. The number of methoxy groups -OCH3 is 1. The molecule has 1 heterocycles. The third-order valence-corrected chi connectivity index (χ3v) is 3.63. The van der Waals surface area contributed by atoms with Crippen molar-refractivity contribution in [1.29, 1.82) is 0 Å². The van der Waals surface area contributed by atoms with E-state index >= 15 is 0 Å². The molecule has 0 saturated carbocycles. The fraction of sp³-hybridized carbons (Fsp3) is 0.118. The van der Waals surface area contributed by atoms with Crippen LogP contribution >= 0.6 is 0 Å². The van der Waals surface area contributed by atoms with Crippen LogP contribution in [0.3, 0.4) is 0 Å². The van der Waals surface area contributed by atoms with Crippen LogP contribution in [0.25, 0.3) is 0 Å². The van der Waals surface area contributed by atoms with Gasteiger partial charge >= 0.3 is 0 Å². The minimum Gasteiger partial charge on any atom is -0.495 e. The summed E-state index contributed by atoms with van der Waals surface area (Å²) in [5.41, 5.74) is 16.1. The van der Waals surface area contributed by atoms with Crippen LogP contribution in [-0.2, 0) is 0 Å². The highest BCUT2D eigenvalue weighted by atomic mass is 16.5. The second kappa shape index (κ2) is 5.43. The van der Waals surface area contributed by atoms with Gasteiger partial charge in [0.1, 0.15) is 11.9 Å². The zero-order valence-corrected chi connectivity index (χ0v) is 12.2. The summed E-state index contributed by atoms with van der Waals surface area (Å²) in [5.74, 6) is 3.20. The zero-order chi connectivity index (χ0) is 15.7. The Morgan fingerprint density at radius 1 is 1.32 bits per heavy atom. The molecule has 4 N–H and O–H groups in total. The highest BCUT2D eigenvalue weighted by molar-refractivity contribution is 5.87. The molecule has 22 heavy (non-hydrogen) atoms. The topological polar surface area (TPSA) is 76.9 Å². The summed E-state index contributed by atoms with van der Waals surface area (Å²) >= 11 is 0. The van der Waals surface area contributed by atoms with Gasteiger partial charge in [0.05, 0.1) is 24.8 Å². The van der Waals surface area contributed by atoms with Gasteiger partial charge in [-0.1, -0.05) is 12.0 Å². The number of fused-ring (bicyclic) bond motifs is 1. The third kappa shape index (κ3) is 2.26. The minimum absolute atomic E-state index is 0.395. The van der Waals surface area contributed by atoms with Gasteiger partial charge in [0.25, 0.3) is 0 Å². The smallest absolute Gasteiger partial charge is 0.143 e. The van der Waals surface area contributed by atoms with E-state index in [2.05, 4.69) is 10.9 Å². The summed E-state index contributed by atoms with van der Waals surface area (Å²) in [4.78, 5) is 6.30. The average molecular weight is 292 g/mol. The lowest BCUT2D eigenvalue weighted by atomic mass is 10.1. The first-order valence-corrected chi connectivity index (χ1v) is 6.76. The van der Waals surface area contributed by atoms with Gasteiger partial charge in [-0.05, 0) is 24.3 Å². The van der Waals surface area contributed by atoms with E-state index in [4.69, 9.17) is 22.6 Å². The molecule has 2 aromatic rings. The molecular formula is C17H16N4O. The van der Waals surface area contributed by atoms with E-state index in [-0.39, 0.29) is 0 Å². The number of nitrogen functional groups attached to an aromatic ring is 1. The second-order valence-electron chi connectivity index (χ2n) is 4.94. The number of hydrogen-bond donors (Lipinski definition) is 2. The maximum absolute atomic E-state index is 6.36. The Kier molecular flexibility index (Phi) is 3.45. The molecule has 0 spiro atoms. The summed E-state index contributed by atoms with van der Waals surface area (Å²) in [7, 11) is 1.57. The Balaban J connectivity index is 2.03. The number of ether oxygens (including phenoxy) is 1. The van der Waals surface area contributed by atoms with Crippen LogP contribution < -0.4 is 21.1 Å². The van der Waals surface area contributed by atoms with Crippen molar-refractivity contribution in [2.45, 2.75) is 6.17 Å². The van der Waals surface area contributed by atoms with Crippen LogP contribution in [0, 0.1) is 12.3 Å². The molecular weight excluding hydrogens is 276 g/mol. The Bertz CT molecular complexity index is 792. The van der Waals surface area contributed by atoms with Gasteiger partial charge in [-0.3, -0.25) is 0 Å². The van der Waals surface area contributed by atoms with Crippen LogP contribution in [0.15, 0.2) is 41.4 Å². The summed E-state index contributed by atoms with van der Waals surface area (Å²) < 4.78 is 5.21. The molecule has 0 bridgehead atoms. The number of hydrogen-bond acceptors (Lipinski definition) is 5. The predicted octanol–water partition coefficient (Wildman–Crippen LogP) is 2.40. The summed E-state index contributed by atoms with van der Waals surface area (Å²) in [6, 6.07) is 11.2. The molecule has 0 aromatic heterocycles. The van der Waals surface area contributed by atoms with Crippen LogP contribution in [0.4, 0.5) is 17.1 Å². The van der Waals surface area contributed by atoms with Crippen molar-refractivity contribution in [2.75, 3.05) is 17.7 Å². The van der Waals surface area contributed by atoms with Crippen molar-refractivity contribution >= 4 is 23.4 Å². The largest absolute Gasteiger partial charge is 0.495 e. The van der Waals surface area contributed by atoms with Gasteiger partial charge in [-0.15, -0.1) is 6.42 Å². The molecule has 1 atom stereocenters. The number of aliphatic imine (C=N–C) groups is 1. The van der Waals surface area contributed by atoms with Gasteiger partial charge in [0.15, 0.2) is 0 Å². The fourth-order valence-corrected chi connectivity index (χ4v) is 2.46. The molecule has 0 amide bonds.